The van der Waals surface area contributed by atoms with Gasteiger partial charge in [0.2, 0.25) is 0 Å². The number of allylic oxidation sites excluding steroid dienone is 1. The van der Waals surface area contributed by atoms with Gasteiger partial charge in [-0.2, -0.15) is 0 Å². The first kappa shape index (κ1) is 14.4. The summed E-state index contributed by atoms with van der Waals surface area (Å²) in [5, 5.41) is 6.18. The molecule has 0 aliphatic heterocycles. The van der Waals surface area contributed by atoms with E-state index in [9.17, 15) is 0 Å². The molecule has 0 saturated heterocycles. The number of hydrogen-bond acceptors (Lipinski definition) is 1. The summed E-state index contributed by atoms with van der Waals surface area (Å²) in [6, 6.07) is 21.5. The average molecular weight is 287 g/mol. The minimum absolute atomic E-state index is 0.833. The van der Waals surface area contributed by atoms with Crippen molar-refractivity contribution >= 4 is 16.5 Å². The normalized spacial score (nSPS) is 10.6. The van der Waals surface area contributed by atoms with E-state index in [1.54, 1.807) is 0 Å². The summed E-state index contributed by atoms with van der Waals surface area (Å²) in [7, 11) is 0. The van der Waals surface area contributed by atoms with Crippen LogP contribution in [-0.2, 0) is 13.0 Å². The zero-order valence-electron chi connectivity index (χ0n) is 13.0. The maximum atomic E-state index is 3.88. The van der Waals surface area contributed by atoms with E-state index in [0.717, 1.165) is 13.0 Å². The van der Waals surface area contributed by atoms with E-state index in [1.165, 1.54) is 33.2 Å². The van der Waals surface area contributed by atoms with Crippen LogP contribution < -0.4 is 5.32 Å². The molecule has 0 aliphatic rings. The third-order valence-corrected chi connectivity index (χ3v) is 3.93. The molecule has 0 heterocycles. The Morgan fingerprint density at radius 2 is 1.86 bits per heavy atom. The zero-order valence-corrected chi connectivity index (χ0v) is 13.0. The standard InChI is InChI=1S/C21H21N/c1-3-7-19-13-12-18-10-4-5-11-20(18)21(19)22-15-17-9-6-8-16(2)14-17/h3-6,8-14,22H,1,7,15H2,2H3. The lowest BCUT2D eigenvalue weighted by Gasteiger charge is -2.15. The van der Waals surface area contributed by atoms with Crippen molar-refractivity contribution in [3.8, 4) is 0 Å². The summed E-state index contributed by atoms with van der Waals surface area (Å²) < 4.78 is 0. The van der Waals surface area contributed by atoms with Gasteiger partial charge in [0, 0.05) is 17.6 Å². The van der Waals surface area contributed by atoms with Gasteiger partial charge in [-0.15, -0.1) is 6.58 Å². The Labute approximate surface area is 132 Å². The van der Waals surface area contributed by atoms with Crippen molar-refractivity contribution in [1.29, 1.82) is 0 Å². The molecule has 3 aromatic carbocycles. The molecule has 1 heteroatoms. The van der Waals surface area contributed by atoms with Crippen molar-refractivity contribution in [2.75, 3.05) is 5.32 Å². The molecule has 0 bridgehead atoms. The van der Waals surface area contributed by atoms with Gasteiger partial charge in [-0.05, 0) is 29.9 Å². The molecule has 0 fully saturated rings. The van der Waals surface area contributed by atoms with E-state index in [2.05, 4.69) is 79.5 Å². The van der Waals surface area contributed by atoms with E-state index in [0.29, 0.717) is 0 Å². The highest BCUT2D eigenvalue weighted by atomic mass is 14.9. The van der Waals surface area contributed by atoms with Crippen molar-refractivity contribution in [1.82, 2.24) is 0 Å². The predicted octanol–water partition coefficient (Wildman–Crippen LogP) is 5.49. The van der Waals surface area contributed by atoms with Crippen LogP contribution in [0.5, 0.6) is 0 Å². The van der Waals surface area contributed by atoms with Gasteiger partial charge < -0.3 is 5.32 Å². The van der Waals surface area contributed by atoms with E-state index in [4.69, 9.17) is 0 Å². The molecule has 0 spiro atoms. The molecule has 0 unspecified atom stereocenters. The summed E-state index contributed by atoms with van der Waals surface area (Å²) >= 11 is 0. The summed E-state index contributed by atoms with van der Waals surface area (Å²) in [4.78, 5) is 0. The Kier molecular flexibility index (Phi) is 4.24. The fourth-order valence-corrected chi connectivity index (χ4v) is 2.86. The van der Waals surface area contributed by atoms with E-state index in [1.807, 2.05) is 6.08 Å². The molecule has 22 heavy (non-hydrogen) atoms. The Morgan fingerprint density at radius 3 is 2.68 bits per heavy atom. The lowest BCUT2D eigenvalue weighted by Crippen LogP contribution is -2.03. The van der Waals surface area contributed by atoms with Crippen LogP contribution in [0.1, 0.15) is 16.7 Å². The van der Waals surface area contributed by atoms with Gasteiger partial charge in [-0.1, -0.05) is 72.3 Å². The average Bonchev–Trinajstić information content (AvgIpc) is 2.54. The van der Waals surface area contributed by atoms with Gasteiger partial charge in [-0.25, -0.2) is 0 Å². The van der Waals surface area contributed by atoms with E-state index in [-0.39, 0.29) is 0 Å². The molecule has 110 valence electrons. The third kappa shape index (κ3) is 3.04. The summed E-state index contributed by atoms with van der Waals surface area (Å²) in [6.07, 6.45) is 2.84. The maximum Gasteiger partial charge on any atom is 0.0458 e. The second-order valence-electron chi connectivity index (χ2n) is 5.66. The fourth-order valence-electron chi connectivity index (χ4n) is 2.86. The molecule has 0 radical (unpaired) electrons. The van der Waals surface area contributed by atoms with Crippen LogP contribution in [0.15, 0.2) is 73.3 Å². The monoisotopic (exact) mass is 287 g/mol. The maximum absolute atomic E-state index is 3.88. The second kappa shape index (κ2) is 6.48. The molecule has 3 aromatic rings. The molecule has 0 aliphatic carbocycles. The highest BCUT2D eigenvalue weighted by Gasteiger charge is 2.06. The minimum Gasteiger partial charge on any atom is -0.380 e. The largest absolute Gasteiger partial charge is 0.380 e. The van der Waals surface area contributed by atoms with E-state index >= 15 is 0 Å². The number of benzene rings is 3. The van der Waals surface area contributed by atoms with Crippen molar-refractivity contribution in [2.45, 2.75) is 19.9 Å². The first-order valence-corrected chi connectivity index (χ1v) is 7.69. The Balaban J connectivity index is 1.96. The van der Waals surface area contributed by atoms with Crippen LogP contribution in [0, 0.1) is 6.92 Å². The number of fused-ring (bicyclic) bond motifs is 1. The molecule has 0 amide bonds. The highest BCUT2D eigenvalue weighted by molar-refractivity contribution is 5.95. The minimum atomic E-state index is 0.833. The Hall–Kier alpha value is -2.54. The molecule has 1 nitrogen and oxygen atoms in total. The van der Waals surface area contributed by atoms with Gasteiger partial charge in [0.05, 0.1) is 0 Å². The summed E-state index contributed by atoms with van der Waals surface area (Å²) in [6.45, 7) is 6.84. The van der Waals surface area contributed by atoms with Crippen molar-refractivity contribution in [3.63, 3.8) is 0 Å². The van der Waals surface area contributed by atoms with Crippen LogP contribution >= 0.6 is 0 Å². The van der Waals surface area contributed by atoms with Crippen molar-refractivity contribution in [3.05, 3.63) is 90.0 Å². The quantitative estimate of drug-likeness (QED) is 0.612. The SMILES string of the molecule is C=CCc1ccc2ccccc2c1NCc1cccc(C)c1. The molecule has 0 atom stereocenters. The summed E-state index contributed by atoms with van der Waals surface area (Å²) in [5.74, 6) is 0. The van der Waals surface area contributed by atoms with Gasteiger partial charge >= 0.3 is 0 Å². The third-order valence-electron chi connectivity index (χ3n) is 3.93. The molecular formula is C21H21N. The van der Waals surface area contributed by atoms with Crippen LogP contribution in [0.25, 0.3) is 10.8 Å². The molecule has 1 N–H and O–H groups in total. The predicted molar refractivity (Wildman–Crippen MR) is 96.4 cm³/mol. The van der Waals surface area contributed by atoms with Gasteiger partial charge in [0.15, 0.2) is 0 Å². The van der Waals surface area contributed by atoms with E-state index < -0.39 is 0 Å². The number of anilines is 1. The molecule has 3 rings (SSSR count). The number of rotatable bonds is 5. The van der Waals surface area contributed by atoms with Crippen molar-refractivity contribution < 1.29 is 0 Å². The van der Waals surface area contributed by atoms with Gasteiger partial charge in [0.1, 0.15) is 0 Å². The first-order valence-electron chi connectivity index (χ1n) is 7.69. The van der Waals surface area contributed by atoms with Crippen molar-refractivity contribution in [2.24, 2.45) is 0 Å². The first-order chi connectivity index (χ1) is 10.8. The summed E-state index contributed by atoms with van der Waals surface area (Å²) in [5.41, 5.74) is 5.11. The topological polar surface area (TPSA) is 12.0 Å². The number of aryl methyl sites for hydroxylation is 1. The Morgan fingerprint density at radius 1 is 1.00 bits per heavy atom. The molecule has 0 aromatic heterocycles. The second-order valence-corrected chi connectivity index (χ2v) is 5.66. The lowest BCUT2D eigenvalue weighted by molar-refractivity contribution is 1.13. The highest BCUT2D eigenvalue weighted by Crippen LogP contribution is 2.28. The van der Waals surface area contributed by atoms with Crippen LogP contribution in [-0.4, -0.2) is 0 Å². The Bertz CT molecular complexity index is 802. The zero-order chi connectivity index (χ0) is 15.4. The lowest BCUT2D eigenvalue weighted by atomic mass is 10.0. The van der Waals surface area contributed by atoms with Crippen LogP contribution in [0.2, 0.25) is 0 Å². The van der Waals surface area contributed by atoms with Gasteiger partial charge in [-0.3, -0.25) is 0 Å². The number of hydrogen-bond donors (Lipinski definition) is 1. The molecular weight excluding hydrogens is 266 g/mol. The smallest absolute Gasteiger partial charge is 0.0458 e. The van der Waals surface area contributed by atoms with Crippen LogP contribution in [0.3, 0.4) is 0 Å². The fraction of sp³-hybridized carbons (Fsp3) is 0.143. The molecule has 0 saturated carbocycles. The van der Waals surface area contributed by atoms with Gasteiger partial charge in [0.25, 0.3) is 0 Å². The number of nitrogens with one attached hydrogen (secondary N) is 1. The van der Waals surface area contributed by atoms with Crippen LogP contribution in [0.4, 0.5) is 5.69 Å².